The van der Waals surface area contributed by atoms with Crippen LogP contribution in [-0.2, 0) is 9.84 Å². The lowest BCUT2D eigenvalue weighted by molar-refractivity contribution is -0.0448. The summed E-state index contributed by atoms with van der Waals surface area (Å²) in [6.45, 7) is 0. The fourth-order valence-electron chi connectivity index (χ4n) is 1.14. The first-order chi connectivity index (χ1) is 7.72. The summed E-state index contributed by atoms with van der Waals surface area (Å²) >= 11 is 0. The van der Waals surface area contributed by atoms with E-state index in [1.54, 1.807) is 0 Å². The summed E-state index contributed by atoms with van der Waals surface area (Å²) < 4.78 is 63.2. The second-order valence-corrected chi connectivity index (χ2v) is 4.98. The number of alkyl halides is 3. The van der Waals surface area contributed by atoms with Crippen molar-refractivity contribution in [2.75, 3.05) is 5.73 Å². The average molecular weight is 266 g/mol. The van der Waals surface area contributed by atoms with Gasteiger partial charge < -0.3 is 10.2 Å². The van der Waals surface area contributed by atoms with E-state index in [1.807, 2.05) is 0 Å². The summed E-state index contributed by atoms with van der Waals surface area (Å²) in [6.07, 6.45) is 0. The minimum absolute atomic E-state index is 0.0483. The zero-order valence-corrected chi connectivity index (χ0v) is 8.84. The summed E-state index contributed by atoms with van der Waals surface area (Å²) in [5.41, 5.74) is 0.0376. The van der Waals surface area contributed by atoms with E-state index in [0.29, 0.717) is 0 Å². The van der Waals surface area contributed by atoms with Gasteiger partial charge in [0.05, 0.1) is 0 Å². The number of nitrogens with two attached hydrogens (primary N) is 1. The number of aromatic nitrogens is 1. The number of sulfone groups is 1. The first-order valence-corrected chi connectivity index (χ1v) is 5.67. The molecule has 5 nitrogen and oxygen atoms in total. The number of halogens is 3. The quantitative estimate of drug-likeness (QED) is 0.794. The molecule has 2 aromatic rings. The maximum absolute atomic E-state index is 12.2. The molecular weight excluding hydrogens is 261 g/mol. The highest BCUT2D eigenvalue weighted by Crippen LogP contribution is 2.31. The predicted octanol–water partition coefficient (Wildman–Crippen LogP) is 1.70. The number of hydrogen-bond donors (Lipinski definition) is 1. The lowest BCUT2D eigenvalue weighted by Gasteiger charge is -2.02. The second-order valence-electron chi connectivity index (χ2n) is 3.16. The third-order valence-corrected chi connectivity index (χ3v) is 3.17. The molecule has 0 spiro atoms. The van der Waals surface area contributed by atoms with Crippen LogP contribution in [0.15, 0.2) is 27.8 Å². The highest BCUT2D eigenvalue weighted by molar-refractivity contribution is 7.92. The van der Waals surface area contributed by atoms with Crippen LogP contribution in [0.5, 0.6) is 0 Å². The van der Waals surface area contributed by atoms with E-state index in [4.69, 9.17) is 5.73 Å². The van der Waals surface area contributed by atoms with Crippen LogP contribution in [0.3, 0.4) is 0 Å². The zero-order valence-electron chi connectivity index (χ0n) is 8.02. The molecule has 1 aromatic carbocycles. The van der Waals surface area contributed by atoms with Gasteiger partial charge in [0.25, 0.3) is 0 Å². The second kappa shape index (κ2) is 3.36. The molecule has 2 rings (SSSR count). The van der Waals surface area contributed by atoms with Crippen LogP contribution in [0.1, 0.15) is 0 Å². The Bertz CT molecular complexity index is 675. The van der Waals surface area contributed by atoms with E-state index >= 15 is 0 Å². The molecule has 92 valence electrons. The first kappa shape index (κ1) is 11.7. The van der Waals surface area contributed by atoms with Crippen LogP contribution in [-0.4, -0.2) is 18.9 Å². The summed E-state index contributed by atoms with van der Waals surface area (Å²) in [6, 6.07) is 3.82. The third-order valence-electron chi connectivity index (χ3n) is 1.93. The van der Waals surface area contributed by atoms with Gasteiger partial charge in [-0.2, -0.15) is 18.2 Å². The molecule has 0 saturated carbocycles. The van der Waals surface area contributed by atoms with E-state index in [9.17, 15) is 21.6 Å². The SMILES string of the molecule is Nc1ccc2oc(S(=O)(=O)C(F)(F)F)nc2c1. The number of anilines is 1. The minimum atomic E-state index is -5.57. The number of nitrogen functional groups attached to an aromatic ring is 1. The maximum atomic E-state index is 12.2. The maximum Gasteiger partial charge on any atom is 0.506 e. The van der Waals surface area contributed by atoms with Crippen LogP contribution in [0, 0.1) is 0 Å². The predicted molar refractivity (Wildman–Crippen MR) is 51.7 cm³/mol. The number of hydrogen-bond acceptors (Lipinski definition) is 5. The van der Waals surface area contributed by atoms with Gasteiger partial charge in [-0.1, -0.05) is 0 Å². The molecule has 0 aliphatic carbocycles. The number of oxazole rings is 1. The van der Waals surface area contributed by atoms with Gasteiger partial charge in [-0.15, -0.1) is 0 Å². The minimum Gasteiger partial charge on any atom is -0.428 e. The van der Waals surface area contributed by atoms with Crippen LogP contribution >= 0.6 is 0 Å². The van der Waals surface area contributed by atoms with Gasteiger partial charge in [-0.05, 0) is 18.2 Å². The van der Waals surface area contributed by atoms with Crippen molar-refractivity contribution in [3.8, 4) is 0 Å². The molecule has 0 bridgehead atoms. The van der Waals surface area contributed by atoms with Gasteiger partial charge in [0, 0.05) is 5.69 Å². The van der Waals surface area contributed by atoms with E-state index in [1.165, 1.54) is 18.2 Å². The van der Waals surface area contributed by atoms with Crippen LogP contribution < -0.4 is 5.73 Å². The Morgan fingerprint density at radius 2 is 1.94 bits per heavy atom. The van der Waals surface area contributed by atoms with Gasteiger partial charge in [0.15, 0.2) is 5.58 Å². The lowest BCUT2D eigenvalue weighted by atomic mass is 10.3. The molecule has 0 atom stereocenters. The molecule has 0 radical (unpaired) electrons. The summed E-state index contributed by atoms with van der Waals surface area (Å²) in [7, 11) is -5.57. The average Bonchev–Trinajstić information content (AvgIpc) is 2.58. The molecule has 0 amide bonds. The van der Waals surface area contributed by atoms with Crippen molar-refractivity contribution < 1.29 is 26.0 Å². The number of nitrogens with zero attached hydrogens (tertiary/aromatic N) is 1. The van der Waals surface area contributed by atoms with Crippen molar-refractivity contribution in [3.05, 3.63) is 18.2 Å². The van der Waals surface area contributed by atoms with Crippen molar-refractivity contribution in [1.82, 2.24) is 4.98 Å². The molecule has 2 N–H and O–H groups in total. The molecule has 1 heterocycles. The molecule has 0 fully saturated rings. The van der Waals surface area contributed by atoms with Crippen molar-refractivity contribution in [3.63, 3.8) is 0 Å². The first-order valence-electron chi connectivity index (χ1n) is 4.19. The number of rotatable bonds is 1. The van der Waals surface area contributed by atoms with E-state index < -0.39 is 20.6 Å². The van der Waals surface area contributed by atoms with Gasteiger partial charge in [-0.25, -0.2) is 8.42 Å². The number of fused-ring (bicyclic) bond motifs is 1. The van der Waals surface area contributed by atoms with Crippen molar-refractivity contribution in [2.45, 2.75) is 10.7 Å². The molecule has 0 aliphatic rings. The van der Waals surface area contributed by atoms with Crippen molar-refractivity contribution in [1.29, 1.82) is 0 Å². The third kappa shape index (κ3) is 1.82. The van der Waals surface area contributed by atoms with Gasteiger partial charge in [0.2, 0.25) is 0 Å². The standard InChI is InChI=1S/C8H5F3N2O3S/c9-8(10,11)17(14,15)7-13-5-3-4(12)1-2-6(5)16-7/h1-3H,12H2. The molecule has 0 unspecified atom stereocenters. The highest BCUT2D eigenvalue weighted by atomic mass is 32.2. The Kier molecular flexibility index (Phi) is 2.31. The van der Waals surface area contributed by atoms with Gasteiger partial charge >= 0.3 is 20.6 Å². The molecule has 0 aliphatic heterocycles. The molecular formula is C8H5F3N2O3S. The van der Waals surface area contributed by atoms with Crippen LogP contribution in [0.2, 0.25) is 0 Å². The zero-order chi connectivity index (χ0) is 12.8. The molecule has 9 heteroatoms. The largest absolute Gasteiger partial charge is 0.506 e. The normalized spacial score (nSPS) is 13.1. The van der Waals surface area contributed by atoms with Crippen molar-refractivity contribution >= 4 is 26.6 Å². The monoisotopic (exact) mass is 266 g/mol. The molecule has 1 aromatic heterocycles. The topological polar surface area (TPSA) is 86.2 Å². The van der Waals surface area contributed by atoms with E-state index in [-0.39, 0.29) is 16.8 Å². The highest BCUT2D eigenvalue weighted by Gasteiger charge is 2.50. The van der Waals surface area contributed by atoms with Gasteiger partial charge in [-0.3, -0.25) is 0 Å². The van der Waals surface area contributed by atoms with Crippen LogP contribution in [0.4, 0.5) is 18.9 Å². The van der Waals surface area contributed by atoms with Crippen LogP contribution in [0.25, 0.3) is 11.1 Å². The Hall–Kier alpha value is -1.77. The smallest absolute Gasteiger partial charge is 0.428 e. The van der Waals surface area contributed by atoms with Gasteiger partial charge in [0.1, 0.15) is 5.52 Å². The Morgan fingerprint density at radius 1 is 1.29 bits per heavy atom. The Balaban J connectivity index is 2.66. The summed E-state index contributed by atoms with van der Waals surface area (Å²) in [5, 5.41) is -1.38. The number of benzene rings is 1. The lowest BCUT2D eigenvalue weighted by Crippen LogP contribution is -2.23. The molecule has 0 saturated heterocycles. The Labute approximate surface area is 93.0 Å². The van der Waals surface area contributed by atoms with E-state index in [0.717, 1.165) is 0 Å². The fraction of sp³-hybridized carbons (Fsp3) is 0.125. The summed E-state index contributed by atoms with van der Waals surface area (Å²) in [5.74, 6) is 0. The molecule has 17 heavy (non-hydrogen) atoms. The van der Waals surface area contributed by atoms with E-state index in [2.05, 4.69) is 9.40 Å². The summed E-state index contributed by atoms with van der Waals surface area (Å²) in [4.78, 5) is 3.26. The van der Waals surface area contributed by atoms with Crippen molar-refractivity contribution in [2.24, 2.45) is 0 Å². The fourth-order valence-corrected chi connectivity index (χ4v) is 1.75. The Morgan fingerprint density at radius 3 is 2.53 bits per heavy atom.